The van der Waals surface area contributed by atoms with E-state index < -0.39 is 0 Å². The van der Waals surface area contributed by atoms with Crippen molar-refractivity contribution in [3.63, 3.8) is 0 Å². The molecular weight excluding hydrogens is 358 g/mol. The van der Waals surface area contributed by atoms with Crippen LogP contribution in [0.25, 0.3) is 22.6 Å². The zero-order chi connectivity index (χ0) is 19.5. The largest absolute Gasteiger partial charge is 0.369 e. The normalized spacial score (nSPS) is 11.0. The summed E-state index contributed by atoms with van der Waals surface area (Å²) >= 11 is 0. The summed E-state index contributed by atoms with van der Waals surface area (Å²) in [6, 6.07) is 11.2. The first-order valence-corrected chi connectivity index (χ1v) is 8.93. The number of carbonyl (C=O) groups is 1. The lowest BCUT2D eigenvalue weighted by Gasteiger charge is -2.04. The van der Waals surface area contributed by atoms with Crippen LogP contribution >= 0.6 is 0 Å². The smallest absolute Gasteiger partial charge is 0.257 e. The Bertz CT molecular complexity index is 1120. The minimum absolute atomic E-state index is 0.245. The van der Waals surface area contributed by atoms with Crippen LogP contribution in [-0.4, -0.2) is 37.1 Å². The molecule has 28 heavy (non-hydrogen) atoms. The van der Waals surface area contributed by atoms with Gasteiger partial charge in [0.2, 0.25) is 5.95 Å². The first-order chi connectivity index (χ1) is 13.7. The SMILES string of the molecule is CCn1c(N)nc2cc(C(=O)NCCc3noc(-c4ccccc4)n3)cnc21. The van der Waals surface area contributed by atoms with Crippen molar-refractivity contribution in [2.24, 2.45) is 0 Å². The minimum Gasteiger partial charge on any atom is -0.369 e. The number of hydrogen-bond donors (Lipinski definition) is 2. The Labute approximate surface area is 160 Å². The van der Waals surface area contributed by atoms with Crippen molar-refractivity contribution in [2.75, 3.05) is 12.3 Å². The van der Waals surface area contributed by atoms with Crippen LogP contribution in [0, 0.1) is 0 Å². The average molecular weight is 377 g/mol. The van der Waals surface area contributed by atoms with Gasteiger partial charge in [-0.15, -0.1) is 0 Å². The van der Waals surface area contributed by atoms with Crippen LogP contribution in [0.3, 0.4) is 0 Å². The number of aryl methyl sites for hydroxylation is 1. The molecule has 0 fully saturated rings. The lowest BCUT2D eigenvalue weighted by Crippen LogP contribution is -2.26. The number of amides is 1. The van der Waals surface area contributed by atoms with Gasteiger partial charge in [-0.1, -0.05) is 23.4 Å². The molecule has 3 heterocycles. The lowest BCUT2D eigenvalue weighted by molar-refractivity contribution is 0.0953. The first kappa shape index (κ1) is 17.7. The molecule has 0 atom stereocenters. The number of imidazole rings is 1. The highest BCUT2D eigenvalue weighted by atomic mass is 16.5. The van der Waals surface area contributed by atoms with Gasteiger partial charge in [0.25, 0.3) is 11.8 Å². The Balaban J connectivity index is 1.38. The highest BCUT2D eigenvalue weighted by Gasteiger charge is 2.13. The molecule has 3 aromatic heterocycles. The van der Waals surface area contributed by atoms with E-state index in [0.29, 0.717) is 53.9 Å². The molecule has 142 valence electrons. The van der Waals surface area contributed by atoms with E-state index in [1.807, 2.05) is 37.3 Å². The third-order valence-corrected chi connectivity index (χ3v) is 4.32. The molecule has 0 aliphatic rings. The fourth-order valence-electron chi connectivity index (χ4n) is 2.91. The molecule has 0 saturated heterocycles. The molecule has 4 aromatic rings. The monoisotopic (exact) mass is 377 g/mol. The summed E-state index contributed by atoms with van der Waals surface area (Å²) in [4.78, 5) is 25.3. The summed E-state index contributed by atoms with van der Waals surface area (Å²) in [7, 11) is 0. The van der Waals surface area contributed by atoms with Gasteiger partial charge < -0.3 is 15.6 Å². The van der Waals surface area contributed by atoms with Crippen molar-refractivity contribution in [1.82, 2.24) is 30.0 Å². The van der Waals surface area contributed by atoms with Crippen LogP contribution in [-0.2, 0) is 13.0 Å². The van der Waals surface area contributed by atoms with Crippen molar-refractivity contribution in [3.8, 4) is 11.5 Å². The molecule has 0 aliphatic heterocycles. The summed E-state index contributed by atoms with van der Waals surface area (Å²) < 4.78 is 7.05. The van der Waals surface area contributed by atoms with Crippen LogP contribution < -0.4 is 11.1 Å². The summed E-state index contributed by atoms with van der Waals surface area (Å²) in [6.45, 7) is 2.99. The van der Waals surface area contributed by atoms with E-state index in [4.69, 9.17) is 10.3 Å². The van der Waals surface area contributed by atoms with E-state index in [1.54, 1.807) is 10.6 Å². The Morgan fingerprint density at radius 1 is 1.25 bits per heavy atom. The predicted octanol–water partition coefficient (Wildman–Crippen LogP) is 2.06. The van der Waals surface area contributed by atoms with Crippen molar-refractivity contribution in [1.29, 1.82) is 0 Å². The number of carbonyl (C=O) groups excluding carboxylic acids is 1. The molecule has 4 rings (SSSR count). The maximum Gasteiger partial charge on any atom is 0.257 e. The van der Waals surface area contributed by atoms with Crippen molar-refractivity contribution < 1.29 is 9.32 Å². The Kier molecular flexibility index (Phi) is 4.71. The Morgan fingerprint density at radius 3 is 2.86 bits per heavy atom. The van der Waals surface area contributed by atoms with E-state index in [2.05, 4.69) is 25.4 Å². The fourth-order valence-corrected chi connectivity index (χ4v) is 2.91. The number of nitrogen functional groups attached to an aromatic ring is 1. The third-order valence-electron chi connectivity index (χ3n) is 4.32. The highest BCUT2D eigenvalue weighted by molar-refractivity contribution is 5.96. The highest BCUT2D eigenvalue weighted by Crippen LogP contribution is 2.17. The van der Waals surface area contributed by atoms with Gasteiger partial charge in [0.05, 0.1) is 5.56 Å². The van der Waals surface area contributed by atoms with Crippen molar-refractivity contribution >= 4 is 23.0 Å². The van der Waals surface area contributed by atoms with Crippen LogP contribution in [0.15, 0.2) is 47.1 Å². The maximum absolute atomic E-state index is 12.4. The van der Waals surface area contributed by atoms with Crippen molar-refractivity contribution in [2.45, 2.75) is 19.9 Å². The van der Waals surface area contributed by atoms with Gasteiger partial charge in [-0.3, -0.25) is 9.36 Å². The predicted molar refractivity (Wildman–Crippen MR) is 103 cm³/mol. The van der Waals surface area contributed by atoms with Gasteiger partial charge in [0.15, 0.2) is 11.5 Å². The molecule has 1 amide bonds. The van der Waals surface area contributed by atoms with Gasteiger partial charge >= 0.3 is 0 Å². The van der Waals surface area contributed by atoms with Gasteiger partial charge in [0.1, 0.15) is 5.52 Å². The number of aromatic nitrogens is 5. The number of rotatable bonds is 6. The van der Waals surface area contributed by atoms with Crippen LogP contribution in [0.1, 0.15) is 23.1 Å². The minimum atomic E-state index is -0.245. The number of fused-ring (bicyclic) bond motifs is 1. The number of nitrogens with zero attached hydrogens (tertiary/aromatic N) is 5. The molecule has 0 saturated carbocycles. The lowest BCUT2D eigenvalue weighted by atomic mass is 10.2. The second-order valence-electron chi connectivity index (χ2n) is 6.17. The molecule has 9 heteroatoms. The number of hydrogen-bond acceptors (Lipinski definition) is 7. The van der Waals surface area contributed by atoms with E-state index in [9.17, 15) is 4.79 Å². The molecule has 0 unspecified atom stereocenters. The number of anilines is 1. The van der Waals surface area contributed by atoms with Gasteiger partial charge in [-0.2, -0.15) is 4.98 Å². The fraction of sp³-hybridized carbons (Fsp3) is 0.211. The summed E-state index contributed by atoms with van der Waals surface area (Å²) in [6.07, 6.45) is 1.97. The number of nitrogens with two attached hydrogens (primary N) is 1. The zero-order valence-corrected chi connectivity index (χ0v) is 15.3. The molecule has 0 radical (unpaired) electrons. The first-order valence-electron chi connectivity index (χ1n) is 8.93. The van der Waals surface area contributed by atoms with Gasteiger partial charge in [0, 0.05) is 31.3 Å². The standard InChI is InChI=1S/C19H19N7O2/c1-2-26-16-14(23-19(26)20)10-13(11-22-16)17(27)21-9-8-15-24-18(28-25-15)12-6-4-3-5-7-12/h3-7,10-11H,2,8-9H2,1H3,(H2,20,23)(H,21,27). The second-order valence-corrected chi connectivity index (χ2v) is 6.17. The van der Waals surface area contributed by atoms with E-state index in [-0.39, 0.29) is 5.91 Å². The summed E-state index contributed by atoms with van der Waals surface area (Å²) in [5, 5.41) is 6.78. The molecule has 0 aliphatic carbocycles. The second kappa shape index (κ2) is 7.47. The summed E-state index contributed by atoms with van der Waals surface area (Å²) in [5.41, 5.74) is 8.41. The van der Waals surface area contributed by atoms with Crippen LogP contribution in [0.2, 0.25) is 0 Å². The molecule has 3 N–H and O–H groups in total. The molecule has 9 nitrogen and oxygen atoms in total. The number of nitrogens with one attached hydrogen (secondary N) is 1. The molecule has 0 spiro atoms. The quantitative estimate of drug-likeness (QED) is 0.527. The molecule has 1 aromatic carbocycles. The average Bonchev–Trinajstić information content (AvgIpc) is 3.31. The van der Waals surface area contributed by atoms with E-state index >= 15 is 0 Å². The molecular formula is C19H19N7O2. The number of pyridine rings is 1. The Morgan fingerprint density at radius 2 is 2.07 bits per heavy atom. The third kappa shape index (κ3) is 3.41. The van der Waals surface area contributed by atoms with Crippen LogP contribution in [0.4, 0.5) is 5.95 Å². The van der Waals surface area contributed by atoms with Gasteiger partial charge in [-0.05, 0) is 25.1 Å². The summed E-state index contributed by atoms with van der Waals surface area (Å²) in [5.74, 6) is 1.13. The van der Waals surface area contributed by atoms with E-state index in [0.717, 1.165) is 5.56 Å². The van der Waals surface area contributed by atoms with E-state index in [1.165, 1.54) is 6.20 Å². The topological polar surface area (TPSA) is 125 Å². The van der Waals surface area contributed by atoms with Gasteiger partial charge in [-0.25, -0.2) is 9.97 Å². The maximum atomic E-state index is 12.4. The number of benzene rings is 1. The van der Waals surface area contributed by atoms with Crippen LogP contribution in [0.5, 0.6) is 0 Å². The van der Waals surface area contributed by atoms with Crippen molar-refractivity contribution in [3.05, 3.63) is 54.0 Å². The zero-order valence-electron chi connectivity index (χ0n) is 15.3. The molecule has 0 bridgehead atoms. The Hall–Kier alpha value is -3.75.